The van der Waals surface area contributed by atoms with Crippen LogP contribution in [0.15, 0.2) is 24.3 Å². The summed E-state index contributed by atoms with van der Waals surface area (Å²) < 4.78 is 22.7. The average Bonchev–Trinajstić information content (AvgIpc) is 3.33. The van der Waals surface area contributed by atoms with E-state index in [2.05, 4.69) is 10.6 Å². The van der Waals surface area contributed by atoms with Gasteiger partial charge in [0, 0.05) is 25.4 Å². The van der Waals surface area contributed by atoms with E-state index in [-0.39, 0.29) is 25.3 Å². The molecule has 2 fully saturated rings. The highest BCUT2D eigenvalue weighted by atomic mass is 16.6. The number of carboxylic acid groups (broad SMARTS) is 1. The highest BCUT2D eigenvalue weighted by molar-refractivity contribution is 5.96. The van der Waals surface area contributed by atoms with Crippen LogP contribution in [0, 0.1) is 5.92 Å². The third kappa shape index (κ3) is 7.16. The molecule has 14 heteroatoms. The standard InChI is InChI=1S/C34H44N4O10/c1-33(2,3)48-31(43)35-24-10-8-6-4-5-7-9-22-16-34(22,30(41)42)36-28(39)25-15-23(19-38(25)29(24)40)47-32(44)37-17-20-13-26-27(14-21(20)18-37)46-12-11-45-26/h7,9,13-14,22-25H,4-6,8,10-12,15-19H2,1-3H3,(H,35,43)(H,36,39)(H,41,42)/b9-7-/t22-,23-,24+,25+,34-/m1/s1. The van der Waals surface area contributed by atoms with Crippen molar-refractivity contribution in [1.29, 1.82) is 0 Å². The molecule has 14 nitrogen and oxygen atoms in total. The van der Waals surface area contributed by atoms with Crippen LogP contribution in [-0.4, -0.2) is 94.0 Å². The summed E-state index contributed by atoms with van der Waals surface area (Å²) in [6, 6.07) is 1.60. The van der Waals surface area contributed by atoms with E-state index in [4.69, 9.17) is 18.9 Å². The number of hydrogen-bond acceptors (Lipinski definition) is 9. The largest absolute Gasteiger partial charge is 0.486 e. The second kappa shape index (κ2) is 13.2. The molecule has 6 rings (SSSR count). The van der Waals surface area contributed by atoms with Crippen LogP contribution in [-0.2, 0) is 36.9 Å². The van der Waals surface area contributed by atoms with Crippen molar-refractivity contribution in [2.45, 2.75) is 108 Å². The molecule has 4 amide bonds. The number of ether oxygens (including phenoxy) is 4. The Labute approximate surface area is 279 Å². The number of benzene rings is 1. The van der Waals surface area contributed by atoms with E-state index in [1.807, 2.05) is 24.3 Å². The lowest BCUT2D eigenvalue weighted by atomic mass is 10.0. The van der Waals surface area contributed by atoms with E-state index in [1.165, 1.54) is 9.80 Å². The van der Waals surface area contributed by atoms with Crippen molar-refractivity contribution >= 4 is 30.0 Å². The van der Waals surface area contributed by atoms with Gasteiger partial charge < -0.3 is 39.6 Å². The quantitative estimate of drug-likeness (QED) is 0.406. The van der Waals surface area contributed by atoms with Crippen molar-refractivity contribution in [2.24, 2.45) is 5.92 Å². The second-order valence-electron chi connectivity index (χ2n) is 14.2. The van der Waals surface area contributed by atoms with Gasteiger partial charge >= 0.3 is 18.2 Å². The summed E-state index contributed by atoms with van der Waals surface area (Å²) in [6.07, 6.45) is 5.02. The Hall–Kier alpha value is -4.49. The molecule has 0 radical (unpaired) electrons. The van der Waals surface area contributed by atoms with Crippen LogP contribution < -0.4 is 20.1 Å². The Kier molecular flexibility index (Phi) is 9.18. The Morgan fingerprint density at radius 1 is 1.04 bits per heavy atom. The number of fused-ring (bicyclic) bond motifs is 4. The van der Waals surface area contributed by atoms with E-state index in [1.54, 1.807) is 20.8 Å². The van der Waals surface area contributed by atoms with Gasteiger partial charge in [0.25, 0.3) is 0 Å². The predicted octanol–water partition coefficient (Wildman–Crippen LogP) is 3.25. The molecule has 0 bridgehead atoms. The highest BCUT2D eigenvalue weighted by Crippen LogP contribution is 2.45. The fraction of sp³-hybridized carbons (Fsp3) is 0.618. The van der Waals surface area contributed by atoms with E-state index in [0.717, 1.165) is 30.4 Å². The Morgan fingerprint density at radius 2 is 1.73 bits per heavy atom. The van der Waals surface area contributed by atoms with E-state index >= 15 is 0 Å². The summed E-state index contributed by atoms with van der Waals surface area (Å²) in [6.45, 7) is 6.53. The maximum Gasteiger partial charge on any atom is 0.410 e. The van der Waals surface area contributed by atoms with Crippen molar-refractivity contribution in [3.05, 3.63) is 35.4 Å². The van der Waals surface area contributed by atoms with Crippen LogP contribution in [0.1, 0.15) is 76.8 Å². The molecule has 0 unspecified atom stereocenters. The number of amides is 4. The zero-order chi connectivity index (χ0) is 34.2. The molecule has 0 aromatic heterocycles. The zero-order valence-electron chi connectivity index (χ0n) is 27.6. The number of allylic oxidation sites excluding steroid dienone is 1. The molecular formula is C34H44N4O10. The maximum atomic E-state index is 14.2. The van der Waals surface area contributed by atoms with Gasteiger partial charge in [-0.25, -0.2) is 14.4 Å². The fourth-order valence-electron chi connectivity index (χ4n) is 6.88. The van der Waals surface area contributed by atoms with Gasteiger partial charge in [-0.15, -0.1) is 0 Å². The van der Waals surface area contributed by atoms with Gasteiger partial charge in [0.05, 0.1) is 6.54 Å². The number of aliphatic carboxylic acids is 1. The van der Waals surface area contributed by atoms with E-state index in [9.17, 15) is 29.1 Å². The van der Waals surface area contributed by atoms with Gasteiger partial charge in [-0.05, 0) is 69.7 Å². The molecule has 1 aromatic carbocycles. The van der Waals surface area contributed by atoms with Crippen molar-refractivity contribution in [3.63, 3.8) is 0 Å². The van der Waals surface area contributed by atoms with Crippen molar-refractivity contribution in [3.8, 4) is 11.5 Å². The molecule has 1 saturated carbocycles. The molecular weight excluding hydrogens is 624 g/mol. The number of nitrogens with one attached hydrogen (secondary N) is 2. The molecule has 1 aromatic rings. The minimum atomic E-state index is -1.47. The predicted molar refractivity (Wildman–Crippen MR) is 169 cm³/mol. The number of carbonyl (C=O) groups excluding carboxylic acids is 4. The number of rotatable bonds is 3. The number of hydrogen-bond donors (Lipinski definition) is 3. The molecule has 4 heterocycles. The fourth-order valence-corrected chi connectivity index (χ4v) is 6.88. The first kappa shape index (κ1) is 33.4. The minimum absolute atomic E-state index is 0.0323. The van der Waals surface area contributed by atoms with Gasteiger partial charge in [-0.1, -0.05) is 25.0 Å². The van der Waals surface area contributed by atoms with Crippen LogP contribution in [0.25, 0.3) is 0 Å². The first-order valence-electron chi connectivity index (χ1n) is 16.7. The smallest absolute Gasteiger partial charge is 0.410 e. The van der Waals surface area contributed by atoms with Crippen LogP contribution in [0.3, 0.4) is 0 Å². The molecule has 4 aliphatic heterocycles. The normalized spacial score (nSPS) is 29.2. The number of carboxylic acids is 1. The van der Waals surface area contributed by atoms with Gasteiger partial charge in [-0.2, -0.15) is 0 Å². The molecule has 1 aliphatic carbocycles. The van der Waals surface area contributed by atoms with E-state index in [0.29, 0.717) is 50.6 Å². The Morgan fingerprint density at radius 3 is 2.38 bits per heavy atom. The third-order valence-electron chi connectivity index (χ3n) is 9.42. The number of nitrogens with zero attached hydrogens (tertiary/aromatic N) is 2. The molecule has 5 aliphatic rings. The van der Waals surface area contributed by atoms with Gasteiger partial charge in [0.1, 0.15) is 42.5 Å². The summed E-state index contributed by atoms with van der Waals surface area (Å²) in [5.41, 5.74) is -0.449. The van der Waals surface area contributed by atoms with Gasteiger partial charge in [0.15, 0.2) is 11.5 Å². The molecule has 5 atom stereocenters. The first-order chi connectivity index (χ1) is 22.8. The topological polar surface area (TPSA) is 173 Å². The molecule has 1 saturated heterocycles. The van der Waals surface area contributed by atoms with Crippen LogP contribution in [0.5, 0.6) is 11.5 Å². The molecule has 260 valence electrons. The average molecular weight is 669 g/mol. The number of carbonyl (C=O) groups is 5. The lowest BCUT2D eigenvalue weighted by Gasteiger charge is -2.30. The Balaban J connectivity index is 1.21. The summed E-state index contributed by atoms with van der Waals surface area (Å²) in [4.78, 5) is 69.4. The van der Waals surface area contributed by atoms with Crippen molar-refractivity contribution in [1.82, 2.24) is 20.4 Å². The van der Waals surface area contributed by atoms with Crippen molar-refractivity contribution < 1.29 is 48.0 Å². The van der Waals surface area contributed by atoms with Gasteiger partial charge in [-0.3, -0.25) is 14.5 Å². The lowest BCUT2D eigenvalue weighted by molar-refractivity contribution is -0.145. The van der Waals surface area contributed by atoms with Crippen LogP contribution >= 0.6 is 0 Å². The van der Waals surface area contributed by atoms with Crippen molar-refractivity contribution in [2.75, 3.05) is 19.8 Å². The summed E-state index contributed by atoms with van der Waals surface area (Å²) in [5.74, 6) is -1.44. The zero-order valence-corrected chi connectivity index (χ0v) is 27.6. The molecule has 48 heavy (non-hydrogen) atoms. The third-order valence-corrected chi connectivity index (χ3v) is 9.42. The lowest BCUT2D eigenvalue weighted by Crippen LogP contribution is -2.56. The SMILES string of the molecule is CC(C)(C)OC(=O)N[C@H]1CCCCC/C=C\[C@@H]2C[C@@]2(C(=O)O)NC(=O)[C@@H]2C[C@@H](OC(=O)N3Cc4cc5c(cc4C3)OCCO5)CN2C1=O. The van der Waals surface area contributed by atoms with E-state index < -0.39 is 59.3 Å². The first-order valence-corrected chi connectivity index (χ1v) is 16.7. The summed E-state index contributed by atoms with van der Waals surface area (Å²) in [7, 11) is 0. The minimum Gasteiger partial charge on any atom is -0.486 e. The second-order valence-corrected chi connectivity index (χ2v) is 14.2. The summed E-state index contributed by atoms with van der Waals surface area (Å²) >= 11 is 0. The Bertz CT molecular complexity index is 1470. The molecule has 3 N–H and O–H groups in total. The maximum absolute atomic E-state index is 14.2. The van der Waals surface area contributed by atoms with Crippen LogP contribution in [0.4, 0.5) is 9.59 Å². The summed E-state index contributed by atoms with van der Waals surface area (Å²) in [5, 5.41) is 15.5. The number of alkyl carbamates (subject to hydrolysis) is 1. The van der Waals surface area contributed by atoms with Gasteiger partial charge in [0.2, 0.25) is 11.8 Å². The van der Waals surface area contributed by atoms with Crippen LogP contribution in [0.2, 0.25) is 0 Å². The molecule has 0 spiro atoms. The highest BCUT2D eigenvalue weighted by Gasteiger charge is 2.61. The monoisotopic (exact) mass is 668 g/mol.